The summed E-state index contributed by atoms with van der Waals surface area (Å²) in [5, 5.41) is 9.30. The molecule has 2 aromatic rings. The standard InChI is InChI=1S/C27H32N2O3S/c1-26(2,3)19-14-18(15-20(27(4,5)6)24(19)32-17-31-7)16-23-25(30)29(13-12-28)21-10-8-9-11-22(21)33-23/h8-11,14-16H,13,17H2,1-7H3. The van der Waals surface area contributed by atoms with Crippen LogP contribution in [-0.4, -0.2) is 26.4 Å². The third-order valence-electron chi connectivity index (χ3n) is 5.41. The zero-order chi connectivity index (χ0) is 24.4. The summed E-state index contributed by atoms with van der Waals surface area (Å²) in [5.74, 6) is 0.674. The lowest BCUT2D eigenvalue weighted by atomic mass is 9.78. The molecule has 5 nitrogen and oxygen atoms in total. The van der Waals surface area contributed by atoms with Crippen LogP contribution in [0.25, 0.3) is 6.08 Å². The van der Waals surface area contributed by atoms with Crippen molar-refractivity contribution < 1.29 is 14.3 Å². The number of amides is 1. The molecule has 0 saturated heterocycles. The van der Waals surface area contributed by atoms with Crippen LogP contribution in [0.1, 0.15) is 58.2 Å². The Bertz CT molecular complexity index is 1080. The van der Waals surface area contributed by atoms with Crippen LogP contribution in [0, 0.1) is 11.3 Å². The minimum atomic E-state index is -0.180. The Kier molecular flexibility index (Phi) is 7.26. The molecule has 6 heteroatoms. The topological polar surface area (TPSA) is 62.6 Å². The Balaban J connectivity index is 2.18. The van der Waals surface area contributed by atoms with Gasteiger partial charge in [0.1, 0.15) is 12.3 Å². The van der Waals surface area contributed by atoms with Crippen LogP contribution in [0.3, 0.4) is 0 Å². The SMILES string of the molecule is COCOc1c(C(C)(C)C)cc(C=C2Sc3ccccc3N(CC#N)C2=O)cc1C(C)(C)C. The number of carbonyl (C=O) groups excluding carboxylic acids is 1. The third-order valence-corrected chi connectivity index (χ3v) is 6.48. The molecular formula is C27H32N2O3S. The zero-order valence-electron chi connectivity index (χ0n) is 20.5. The molecule has 3 rings (SSSR count). The molecule has 0 bridgehead atoms. The van der Waals surface area contributed by atoms with Gasteiger partial charge in [0.2, 0.25) is 0 Å². The van der Waals surface area contributed by atoms with E-state index in [9.17, 15) is 10.1 Å². The van der Waals surface area contributed by atoms with Crippen LogP contribution in [0.4, 0.5) is 5.69 Å². The minimum Gasteiger partial charge on any atom is -0.467 e. The largest absolute Gasteiger partial charge is 0.467 e. The second-order valence-electron chi connectivity index (χ2n) is 10.1. The van der Waals surface area contributed by atoms with Crippen LogP contribution < -0.4 is 9.64 Å². The molecule has 1 amide bonds. The Morgan fingerprint density at radius 2 is 1.67 bits per heavy atom. The van der Waals surface area contributed by atoms with E-state index in [0.29, 0.717) is 4.91 Å². The number of ether oxygens (including phenoxy) is 2. The molecule has 0 atom stereocenters. The molecule has 0 saturated carbocycles. The van der Waals surface area contributed by atoms with E-state index in [4.69, 9.17) is 9.47 Å². The molecule has 174 valence electrons. The zero-order valence-corrected chi connectivity index (χ0v) is 21.3. The number of rotatable bonds is 5. The van der Waals surface area contributed by atoms with E-state index in [1.54, 1.807) is 12.0 Å². The second kappa shape index (κ2) is 9.62. The minimum absolute atomic E-state index is 0.0119. The van der Waals surface area contributed by atoms with Crippen molar-refractivity contribution in [2.75, 3.05) is 25.3 Å². The van der Waals surface area contributed by atoms with Crippen molar-refractivity contribution in [3.63, 3.8) is 0 Å². The van der Waals surface area contributed by atoms with Crippen molar-refractivity contribution >= 4 is 29.4 Å². The van der Waals surface area contributed by atoms with Gasteiger partial charge in [0.15, 0.2) is 6.79 Å². The first-order chi connectivity index (χ1) is 15.5. The van der Waals surface area contributed by atoms with Gasteiger partial charge in [-0.05, 0) is 46.7 Å². The molecule has 33 heavy (non-hydrogen) atoms. The van der Waals surface area contributed by atoms with Crippen molar-refractivity contribution in [2.45, 2.75) is 57.3 Å². The first kappa shape index (κ1) is 24.9. The molecule has 0 unspecified atom stereocenters. The van der Waals surface area contributed by atoms with Gasteiger partial charge in [-0.1, -0.05) is 65.4 Å². The summed E-state index contributed by atoms with van der Waals surface area (Å²) in [7, 11) is 1.61. The normalized spacial score (nSPS) is 15.4. The highest BCUT2D eigenvalue weighted by Crippen LogP contribution is 2.44. The molecule has 0 aromatic heterocycles. The maximum absolute atomic E-state index is 13.3. The molecular weight excluding hydrogens is 432 g/mol. The lowest BCUT2D eigenvalue weighted by molar-refractivity contribution is -0.114. The first-order valence-electron chi connectivity index (χ1n) is 11.0. The quantitative estimate of drug-likeness (QED) is 0.297. The maximum Gasteiger partial charge on any atom is 0.266 e. The second-order valence-corrected chi connectivity index (χ2v) is 11.2. The molecule has 0 aliphatic carbocycles. The van der Waals surface area contributed by atoms with Gasteiger partial charge in [-0.3, -0.25) is 9.69 Å². The van der Waals surface area contributed by atoms with Crippen LogP contribution in [0.5, 0.6) is 5.75 Å². The predicted molar refractivity (Wildman–Crippen MR) is 135 cm³/mol. The lowest BCUT2D eigenvalue weighted by Crippen LogP contribution is -2.34. The summed E-state index contributed by atoms with van der Waals surface area (Å²) >= 11 is 1.44. The van der Waals surface area contributed by atoms with Gasteiger partial charge in [-0.25, -0.2) is 0 Å². The van der Waals surface area contributed by atoms with E-state index >= 15 is 0 Å². The van der Waals surface area contributed by atoms with Crippen LogP contribution >= 0.6 is 11.8 Å². The molecule has 2 aromatic carbocycles. The fraction of sp³-hybridized carbons (Fsp3) is 0.407. The molecule has 0 fully saturated rings. The van der Waals surface area contributed by atoms with E-state index in [0.717, 1.165) is 33.0 Å². The van der Waals surface area contributed by atoms with E-state index in [2.05, 4.69) is 59.7 Å². The van der Waals surface area contributed by atoms with Gasteiger partial charge in [-0.2, -0.15) is 5.26 Å². The molecule has 1 aliphatic rings. The fourth-order valence-corrected chi connectivity index (χ4v) is 4.82. The van der Waals surface area contributed by atoms with Gasteiger partial charge in [0.05, 0.1) is 16.7 Å². The number of para-hydroxylation sites is 1. The van der Waals surface area contributed by atoms with E-state index < -0.39 is 0 Å². The molecule has 0 N–H and O–H groups in total. The Hall–Kier alpha value is -2.75. The highest BCUT2D eigenvalue weighted by atomic mass is 32.2. The average molecular weight is 465 g/mol. The van der Waals surface area contributed by atoms with Crippen LogP contribution in [-0.2, 0) is 20.4 Å². The highest BCUT2D eigenvalue weighted by molar-refractivity contribution is 8.04. The number of anilines is 1. The van der Waals surface area contributed by atoms with Crippen molar-refractivity contribution in [3.05, 3.63) is 58.0 Å². The van der Waals surface area contributed by atoms with Gasteiger partial charge in [-0.15, -0.1) is 0 Å². The van der Waals surface area contributed by atoms with E-state index in [1.165, 1.54) is 11.8 Å². The lowest BCUT2D eigenvalue weighted by Gasteiger charge is -2.31. The number of benzene rings is 2. The summed E-state index contributed by atoms with van der Waals surface area (Å²) in [6.45, 7) is 13.1. The number of nitriles is 1. The summed E-state index contributed by atoms with van der Waals surface area (Å²) in [5.41, 5.74) is 3.46. The molecule has 0 spiro atoms. The number of methoxy groups -OCH3 is 1. The Morgan fingerprint density at radius 3 is 2.21 bits per heavy atom. The number of thioether (sulfide) groups is 1. The van der Waals surface area contributed by atoms with Crippen molar-refractivity contribution in [2.24, 2.45) is 0 Å². The maximum atomic E-state index is 13.3. The summed E-state index contributed by atoms with van der Waals surface area (Å²) in [6.07, 6.45) is 1.93. The fourth-order valence-electron chi connectivity index (χ4n) is 3.76. The van der Waals surface area contributed by atoms with Gasteiger partial charge in [0, 0.05) is 23.1 Å². The predicted octanol–water partition coefficient (Wildman–Crippen LogP) is 6.27. The molecule has 0 radical (unpaired) electrons. The van der Waals surface area contributed by atoms with E-state index in [1.807, 2.05) is 30.3 Å². The monoisotopic (exact) mass is 464 g/mol. The number of hydrogen-bond acceptors (Lipinski definition) is 5. The summed E-state index contributed by atoms with van der Waals surface area (Å²) in [6, 6.07) is 14.0. The van der Waals surface area contributed by atoms with Gasteiger partial charge in [0.25, 0.3) is 5.91 Å². The van der Waals surface area contributed by atoms with Crippen molar-refractivity contribution in [1.82, 2.24) is 0 Å². The number of fused-ring (bicyclic) bond motifs is 1. The Morgan fingerprint density at radius 1 is 1.06 bits per heavy atom. The number of hydrogen-bond donors (Lipinski definition) is 0. The third kappa shape index (κ3) is 5.43. The van der Waals surface area contributed by atoms with Gasteiger partial charge < -0.3 is 9.47 Å². The number of carbonyl (C=O) groups is 1. The van der Waals surface area contributed by atoms with Gasteiger partial charge >= 0.3 is 0 Å². The molecule has 1 heterocycles. The summed E-state index contributed by atoms with van der Waals surface area (Å²) < 4.78 is 11.3. The van der Waals surface area contributed by atoms with Crippen molar-refractivity contribution in [1.29, 1.82) is 5.26 Å². The van der Waals surface area contributed by atoms with E-state index in [-0.39, 0.29) is 30.1 Å². The first-order valence-corrected chi connectivity index (χ1v) is 11.8. The van der Waals surface area contributed by atoms with Crippen LogP contribution in [0.2, 0.25) is 0 Å². The molecule has 1 aliphatic heterocycles. The summed E-state index contributed by atoms with van der Waals surface area (Å²) in [4.78, 5) is 16.4. The van der Waals surface area contributed by atoms with Crippen LogP contribution in [0.15, 0.2) is 46.2 Å². The smallest absolute Gasteiger partial charge is 0.266 e. The number of nitrogens with zero attached hydrogens (tertiary/aromatic N) is 2. The Labute approximate surface area is 201 Å². The van der Waals surface area contributed by atoms with Crippen molar-refractivity contribution in [3.8, 4) is 11.8 Å². The average Bonchev–Trinajstić information content (AvgIpc) is 2.74. The highest BCUT2D eigenvalue weighted by Gasteiger charge is 2.31.